The number of nitrogens with zero attached hydrogens (tertiary/aromatic N) is 2. The average molecular weight is 423 g/mol. The van der Waals surface area contributed by atoms with Crippen LogP contribution in [0.1, 0.15) is 5.56 Å². The third kappa shape index (κ3) is 3.92. The molecule has 0 aliphatic carbocycles. The van der Waals surface area contributed by atoms with Gasteiger partial charge in [0, 0.05) is 23.3 Å². The fraction of sp³-hybridized carbons (Fsp3) is 0.350. The highest BCUT2D eigenvalue weighted by Gasteiger charge is 2.49. The zero-order valence-electron chi connectivity index (χ0n) is 15.1. The summed E-state index contributed by atoms with van der Waals surface area (Å²) in [7, 11) is -3.23. The van der Waals surface area contributed by atoms with Crippen molar-refractivity contribution >= 4 is 33.0 Å². The number of carbonyl (C=O) groups excluding carboxylic acids is 1. The Hall–Kier alpha value is -1.96. The van der Waals surface area contributed by atoms with Gasteiger partial charge in [-0.3, -0.25) is 9.69 Å². The Kier molecular flexibility index (Phi) is 5.16. The Balaban J connectivity index is 1.57. The fourth-order valence-corrected chi connectivity index (χ4v) is 6.17. The van der Waals surface area contributed by atoms with Crippen LogP contribution in [0.25, 0.3) is 0 Å². The summed E-state index contributed by atoms with van der Waals surface area (Å²) in [6, 6.07) is 12.5. The van der Waals surface area contributed by atoms with E-state index < -0.39 is 15.9 Å². The van der Waals surface area contributed by atoms with Crippen molar-refractivity contribution in [2.75, 3.05) is 29.5 Å². The number of hydrogen-bond acceptors (Lipinski definition) is 4. The zero-order valence-corrected chi connectivity index (χ0v) is 16.7. The molecule has 2 aliphatic heterocycles. The number of sulfone groups is 1. The molecule has 0 bridgehead atoms. The van der Waals surface area contributed by atoms with E-state index in [0.29, 0.717) is 23.7 Å². The van der Waals surface area contributed by atoms with Crippen molar-refractivity contribution in [1.29, 1.82) is 0 Å². The summed E-state index contributed by atoms with van der Waals surface area (Å²) < 4.78 is 37.8. The summed E-state index contributed by atoms with van der Waals surface area (Å²) in [6.07, 6.45) is 0.623. The van der Waals surface area contributed by atoms with Crippen LogP contribution < -0.4 is 4.90 Å². The largest absolute Gasteiger partial charge is 0.306 e. The lowest BCUT2D eigenvalue weighted by molar-refractivity contribution is -0.123. The van der Waals surface area contributed by atoms with E-state index in [0.717, 1.165) is 5.56 Å². The van der Waals surface area contributed by atoms with Crippen molar-refractivity contribution in [1.82, 2.24) is 4.90 Å². The summed E-state index contributed by atoms with van der Waals surface area (Å²) in [4.78, 5) is 16.5. The van der Waals surface area contributed by atoms with Gasteiger partial charge in [0.1, 0.15) is 5.82 Å². The topological polar surface area (TPSA) is 57.7 Å². The minimum absolute atomic E-state index is 0.0401. The molecule has 0 N–H and O–H groups in total. The predicted octanol–water partition coefficient (Wildman–Crippen LogP) is 2.54. The van der Waals surface area contributed by atoms with Crippen LogP contribution in [0.5, 0.6) is 0 Å². The number of fused-ring (bicyclic) bond motifs is 1. The molecular formula is C20H20ClFN2O3S. The zero-order chi connectivity index (χ0) is 19.9. The second-order valence-electron chi connectivity index (χ2n) is 7.30. The maximum atomic E-state index is 13.1. The molecule has 0 saturated carbocycles. The highest BCUT2D eigenvalue weighted by atomic mass is 35.5. The van der Waals surface area contributed by atoms with Gasteiger partial charge in [-0.1, -0.05) is 23.7 Å². The van der Waals surface area contributed by atoms with Crippen LogP contribution in [0.2, 0.25) is 5.02 Å². The van der Waals surface area contributed by atoms with Crippen molar-refractivity contribution in [3.8, 4) is 0 Å². The highest BCUT2D eigenvalue weighted by Crippen LogP contribution is 2.32. The van der Waals surface area contributed by atoms with Gasteiger partial charge in [0.2, 0.25) is 5.91 Å². The second-order valence-corrected chi connectivity index (χ2v) is 9.89. The molecule has 4 rings (SSSR count). The number of halogens is 2. The molecule has 2 atom stereocenters. The van der Waals surface area contributed by atoms with E-state index in [1.807, 2.05) is 4.90 Å². The van der Waals surface area contributed by atoms with E-state index >= 15 is 0 Å². The standard InChI is InChI=1S/C20H20ClFN2O3S/c21-15-3-7-17(8-4-15)24-19-13-28(26,27)12-18(19)23(11-20(24)25)10-9-14-1-5-16(22)6-2-14/h1-8,18-19H,9-13H2/t18-,19+/m1/s1. The molecule has 28 heavy (non-hydrogen) atoms. The van der Waals surface area contributed by atoms with Gasteiger partial charge in [-0.2, -0.15) is 0 Å². The van der Waals surface area contributed by atoms with Crippen LogP contribution >= 0.6 is 11.6 Å². The number of amides is 1. The smallest absolute Gasteiger partial charge is 0.241 e. The van der Waals surface area contributed by atoms with Gasteiger partial charge < -0.3 is 4.90 Å². The molecule has 2 aromatic rings. The Morgan fingerprint density at radius 2 is 1.64 bits per heavy atom. The monoisotopic (exact) mass is 422 g/mol. The molecule has 2 heterocycles. The first-order valence-corrected chi connectivity index (χ1v) is 11.3. The van der Waals surface area contributed by atoms with Crippen molar-refractivity contribution < 1.29 is 17.6 Å². The summed E-state index contributed by atoms with van der Waals surface area (Å²) in [5, 5.41) is 0.560. The lowest BCUT2D eigenvalue weighted by atomic mass is 10.0. The quantitative estimate of drug-likeness (QED) is 0.759. The number of piperazine rings is 1. The van der Waals surface area contributed by atoms with Gasteiger partial charge in [-0.05, 0) is 48.4 Å². The highest BCUT2D eigenvalue weighted by molar-refractivity contribution is 7.91. The van der Waals surface area contributed by atoms with E-state index in [9.17, 15) is 17.6 Å². The average Bonchev–Trinajstić information content (AvgIpc) is 2.97. The molecule has 0 radical (unpaired) electrons. The van der Waals surface area contributed by atoms with Crippen LogP contribution in [0.3, 0.4) is 0 Å². The normalized spacial score (nSPS) is 24.4. The molecule has 8 heteroatoms. The fourth-order valence-electron chi connectivity index (χ4n) is 4.06. The Morgan fingerprint density at radius 3 is 2.32 bits per heavy atom. The SMILES string of the molecule is O=C1CN(CCc2ccc(F)cc2)[C@@H]2CS(=O)(=O)C[C@@H]2N1c1ccc(Cl)cc1. The van der Waals surface area contributed by atoms with Crippen LogP contribution in [0, 0.1) is 5.82 Å². The first kappa shape index (κ1) is 19.4. The molecule has 0 aromatic heterocycles. The lowest BCUT2D eigenvalue weighted by Crippen LogP contribution is -2.62. The number of anilines is 1. The Labute approximate surface area is 168 Å². The van der Waals surface area contributed by atoms with Crippen molar-refractivity contribution in [3.05, 3.63) is 64.9 Å². The lowest BCUT2D eigenvalue weighted by Gasteiger charge is -2.43. The number of rotatable bonds is 4. The first-order chi connectivity index (χ1) is 13.3. The molecule has 0 unspecified atom stereocenters. The molecule has 2 saturated heterocycles. The molecule has 1 amide bonds. The third-order valence-corrected chi connectivity index (χ3v) is 7.36. The predicted molar refractivity (Wildman–Crippen MR) is 107 cm³/mol. The molecular weight excluding hydrogens is 403 g/mol. The first-order valence-electron chi connectivity index (χ1n) is 9.09. The Morgan fingerprint density at radius 1 is 1.00 bits per heavy atom. The van der Waals surface area contributed by atoms with E-state index in [1.165, 1.54) is 12.1 Å². The van der Waals surface area contributed by atoms with Gasteiger partial charge in [-0.15, -0.1) is 0 Å². The minimum atomic E-state index is -3.23. The van der Waals surface area contributed by atoms with E-state index in [-0.39, 0.29) is 35.8 Å². The van der Waals surface area contributed by atoms with Crippen molar-refractivity contribution in [3.63, 3.8) is 0 Å². The summed E-state index contributed by atoms with van der Waals surface area (Å²) in [5.74, 6) is -0.422. The molecule has 5 nitrogen and oxygen atoms in total. The van der Waals surface area contributed by atoms with Crippen LogP contribution in [-0.2, 0) is 21.1 Å². The van der Waals surface area contributed by atoms with Gasteiger partial charge in [0.25, 0.3) is 0 Å². The van der Waals surface area contributed by atoms with Crippen molar-refractivity contribution in [2.24, 2.45) is 0 Å². The number of benzene rings is 2. The second kappa shape index (κ2) is 7.46. The van der Waals surface area contributed by atoms with Gasteiger partial charge in [-0.25, -0.2) is 12.8 Å². The molecule has 148 valence electrons. The van der Waals surface area contributed by atoms with Crippen LogP contribution in [0.4, 0.5) is 10.1 Å². The minimum Gasteiger partial charge on any atom is -0.306 e. The van der Waals surface area contributed by atoms with E-state index in [2.05, 4.69) is 0 Å². The van der Waals surface area contributed by atoms with Crippen molar-refractivity contribution in [2.45, 2.75) is 18.5 Å². The Bertz CT molecular complexity index is 980. The number of carbonyl (C=O) groups is 1. The third-order valence-electron chi connectivity index (χ3n) is 5.41. The van der Waals surface area contributed by atoms with Gasteiger partial charge in [0.15, 0.2) is 9.84 Å². The van der Waals surface area contributed by atoms with E-state index in [4.69, 9.17) is 11.6 Å². The van der Waals surface area contributed by atoms with Gasteiger partial charge >= 0.3 is 0 Å². The molecule has 0 spiro atoms. The summed E-state index contributed by atoms with van der Waals surface area (Å²) >= 11 is 5.94. The molecule has 2 fully saturated rings. The maximum absolute atomic E-state index is 13.1. The van der Waals surface area contributed by atoms with Crippen LogP contribution in [-0.4, -0.2) is 55.9 Å². The van der Waals surface area contributed by atoms with Crippen LogP contribution in [0.15, 0.2) is 48.5 Å². The van der Waals surface area contributed by atoms with Gasteiger partial charge in [0.05, 0.1) is 24.1 Å². The number of hydrogen-bond donors (Lipinski definition) is 0. The molecule has 2 aliphatic rings. The summed E-state index contributed by atoms with van der Waals surface area (Å²) in [5.41, 5.74) is 1.62. The van der Waals surface area contributed by atoms with E-state index in [1.54, 1.807) is 41.3 Å². The summed E-state index contributed by atoms with van der Waals surface area (Å²) in [6.45, 7) is 0.697. The maximum Gasteiger partial charge on any atom is 0.241 e. The molecule has 2 aromatic carbocycles.